The molecule has 0 aliphatic rings. The van der Waals surface area contributed by atoms with Gasteiger partial charge in [-0.15, -0.1) is 0 Å². The molecule has 1 amide bonds. The number of nitrogens with two attached hydrogens (primary N) is 1. The predicted molar refractivity (Wildman–Crippen MR) is 72.9 cm³/mol. The minimum absolute atomic E-state index is 0.0540. The van der Waals surface area contributed by atoms with Gasteiger partial charge in [0.1, 0.15) is 5.69 Å². The smallest absolute Gasteiger partial charge is 0.277 e. The van der Waals surface area contributed by atoms with E-state index in [-0.39, 0.29) is 11.3 Å². The summed E-state index contributed by atoms with van der Waals surface area (Å²) in [7, 11) is 1.66. The van der Waals surface area contributed by atoms with Crippen LogP contribution in [-0.4, -0.2) is 25.9 Å². The molecule has 0 bridgehead atoms. The Morgan fingerprint density at radius 3 is 2.63 bits per heavy atom. The molecular weight excluding hydrogens is 244 g/mol. The molecule has 4 N–H and O–H groups in total. The van der Waals surface area contributed by atoms with Crippen LogP contribution in [0.3, 0.4) is 0 Å². The molecule has 19 heavy (non-hydrogen) atoms. The van der Waals surface area contributed by atoms with E-state index < -0.39 is 0 Å². The maximum atomic E-state index is 12.1. The van der Waals surface area contributed by atoms with Gasteiger partial charge in [-0.05, 0) is 0 Å². The van der Waals surface area contributed by atoms with Crippen molar-refractivity contribution in [2.75, 3.05) is 11.1 Å². The number of aromatic nitrogens is 4. The minimum Gasteiger partial charge on any atom is -0.396 e. The highest BCUT2D eigenvalue weighted by Crippen LogP contribution is 2.22. The van der Waals surface area contributed by atoms with Gasteiger partial charge in [-0.1, -0.05) is 20.8 Å². The lowest BCUT2D eigenvalue weighted by Gasteiger charge is -2.14. The average Bonchev–Trinajstić information content (AvgIpc) is 2.85. The quantitative estimate of drug-likeness (QED) is 0.758. The summed E-state index contributed by atoms with van der Waals surface area (Å²) in [6, 6.07) is 1.81. The minimum atomic E-state index is -0.329. The highest BCUT2D eigenvalue weighted by atomic mass is 16.2. The summed E-state index contributed by atoms with van der Waals surface area (Å²) < 4.78 is 1.43. The van der Waals surface area contributed by atoms with E-state index in [1.54, 1.807) is 7.05 Å². The van der Waals surface area contributed by atoms with E-state index in [2.05, 4.69) is 41.4 Å². The Bertz CT molecular complexity index is 585. The van der Waals surface area contributed by atoms with E-state index in [1.165, 1.54) is 10.9 Å². The normalized spacial score (nSPS) is 11.6. The van der Waals surface area contributed by atoms with Gasteiger partial charge in [0.25, 0.3) is 5.91 Å². The average molecular weight is 262 g/mol. The van der Waals surface area contributed by atoms with E-state index >= 15 is 0 Å². The van der Waals surface area contributed by atoms with Crippen LogP contribution in [0.1, 0.15) is 37.0 Å². The zero-order valence-corrected chi connectivity index (χ0v) is 11.5. The second-order valence-corrected chi connectivity index (χ2v) is 5.44. The lowest BCUT2D eigenvalue weighted by molar-refractivity contribution is 0.101. The first-order valence-corrected chi connectivity index (χ1v) is 5.94. The molecular formula is C12H18N6O. The summed E-state index contributed by atoms with van der Waals surface area (Å²) in [5.74, 6) is 0.139. The van der Waals surface area contributed by atoms with Crippen molar-refractivity contribution < 1.29 is 4.79 Å². The van der Waals surface area contributed by atoms with Crippen molar-refractivity contribution in [3.8, 4) is 0 Å². The molecule has 0 unspecified atom stereocenters. The first kappa shape index (κ1) is 13.1. The molecule has 0 fully saturated rings. The summed E-state index contributed by atoms with van der Waals surface area (Å²) in [4.78, 5) is 12.1. The lowest BCUT2D eigenvalue weighted by atomic mass is 9.92. The van der Waals surface area contributed by atoms with Crippen LogP contribution < -0.4 is 11.1 Å². The predicted octanol–water partition coefficient (Wildman–Crippen LogP) is 1.28. The van der Waals surface area contributed by atoms with Crippen LogP contribution in [-0.2, 0) is 12.5 Å². The van der Waals surface area contributed by atoms with E-state index in [9.17, 15) is 4.79 Å². The number of anilines is 2. The molecule has 0 aromatic carbocycles. The van der Waals surface area contributed by atoms with Crippen LogP contribution >= 0.6 is 0 Å². The fourth-order valence-corrected chi connectivity index (χ4v) is 1.68. The van der Waals surface area contributed by atoms with Gasteiger partial charge in [0.05, 0.1) is 11.9 Å². The summed E-state index contributed by atoms with van der Waals surface area (Å²) in [6.45, 7) is 6.18. The highest BCUT2D eigenvalue weighted by molar-refractivity contribution is 6.05. The van der Waals surface area contributed by atoms with Gasteiger partial charge < -0.3 is 11.1 Å². The Morgan fingerprint density at radius 1 is 1.47 bits per heavy atom. The zero-order valence-electron chi connectivity index (χ0n) is 11.5. The molecule has 102 valence electrons. The molecule has 0 saturated heterocycles. The van der Waals surface area contributed by atoms with Crippen molar-refractivity contribution in [2.45, 2.75) is 26.2 Å². The number of hydrogen-bond acceptors (Lipinski definition) is 4. The van der Waals surface area contributed by atoms with E-state index in [0.29, 0.717) is 17.2 Å². The van der Waals surface area contributed by atoms with Crippen molar-refractivity contribution in [1.82, 2.24) is 20.0 Å². The number of rotatable bonds is 2. The summed E-state index contributed by atoms with van der Waals surface area (Å²) in [6.07, 6.45) is 1.44. The Labute approximate surface area is 111 Å². The number of nitrogens with one attached hydrogen (secondary N) is 2. The Balaban J connectivity index is 2.18. The number of aryl methyl sites for hydroxylation is 1. The molecule has 0 saturated carbocycles. The van der Waals surface area contributed by atoms with Gasteiger partial charge in [0, 0.05) is 24.2 Å². The number of H-pyrrole nitrogens is 1. The fourth-order valence-electron chi connectivity index (χ4n) is 1.68. The standard InChI is InChI=1S/C12H18N6O/c1-12(2,3)8-5-9(17-16-8)15-11(19)10-7(13)6-14-18(10)4/h5-6H,13H2,1-4H3,(H2,15,16,17,19). The fraction of sp³-hybridized carbons (Fsp3) is 0.417. The number of amides is 1. The number of aromatic amines is 1. The van der Waals surface area contributed by atoms with Crippen LogP contribution in [0.25, 0.3) is 0 Å². The van der Waals surface area contributed by atoms with Crippen LogP contribution in [0.5, 0.6) is 0 Å². The number of hydrogen-bond donors (Lipinski definition) is 3. The van der Waals surface area contributed by atoms with E-state index in [4.69, 9.17) is 5.73 Å². The van der Waals surface area contributed by atoms with Crippen LogP contribution in [0.2, 0.25) is 0 Å². The zero-order chi connectivity index (χ0) is 14.2. The Hall–Kier alpha value is -2.31. The Morgan fingerprint density at radius 2 is 2.16 bits per heavy atom. The molecule has 0 aliphatic carbocycles. The molecule has 7 nitrogen and oxygen atoms in total. The van der Waals surface area contributed by atoms with Crippen molar-refractivity contribution in [2.24, 2.45) is 7.05 Å². The topological polar surface area (TPSA) is 102 Å². The summed E-state index contributed by atoms with van der Waals surface area (Å²) >= 11 is 0. The van der Waals surface area contributed by atoms with E-state index in [0.717, 1.165) is 5.69 Å². The maximum absolute atomic E-state index is 12.1. The van der Waals surface area contributed by atoms with E-state index in [1.807, 2.05) is 6.07 Å². The molecule has 0 atom stereocenters. The van der Waals surface area contributed by atoms with Crippen LogP contribution in [0.15, 0.2) is 12.3 Å². The monoisotopic (exact) mass is 262 g/mol. The third-order valence-electron chi connectivity index (χ3n) is 2.81. The Kier molecular flexibility index (Phi) is 3.05. The number of carbonyl (C=O) groups excluding carboxylic acids is 1. The number of carbonyl (C=O) groups is 1. The molecule has 0 spiro atoms. The van der Waals surface area contributed by atoms with Gasteiger partial charge in [-0.25, -0.2) is 0 Å². The lowest BCUT2D eigenvalue weighted by Crippen LogP contribution is -2.17. The van der Waals surface area contributed by atoms with Gasteiger partial charge in [0.15, 0.2) is 5.82 Å². The van der Waals surface area contributed by atoms with Crippen molar-refractivity contribution in [3.05, 3.63) is 23.7 Å². The summed E-state index contributed by atoms with van der Waals surface area (Å²) in [5.41, 5.74) is 7.25. The molecule has 2 rings (SSSR count). The first-order chi connectivity index (χ1) is 8.79. The number of nitrogens with zero attached hydrogens (tertiary/aromatic N) is 3. The van der Waals surface area contributed by atoms with Crippen molar-refractivity contribution >= 4 is 17.4 Å². The highest BCUT2D eigenvalue weighted by Gasteiger charge is 2.19. The maximum Gasteiger partial charge on any atom is 0.277 e. The van der Waals surface area contributed by atoms with Crippen LogP contribution in [0.4, 0.5) is 11.5 Å². The molecule has 0 aliphatic heterocycles. The SMILES string of the molecule is Cn1ncc(N)c1C(=O)Nc1cc(C(C)(C)C)[nH]n1. The number of nitrogen functional groups attached to an aromatic ring is 1. The van der Waals surface area contributed by atoms with Crippen molar-refractivity contribution in [1.29, 1.82) is 0 Å². The molecule has 7 heteroatoms. The van der Waals surface area contributed by atoms with Gasteiger partial charge in [-0.2, -0.15) is 10.2 Å². The third-order valence-corrected chi connectivity index (χ3v) is 2.81. The van der Waals surface area contributed by atoms with Gasteiger partial charge >= 0.3 is 0 Å². The van der Waals surface area contributed by atoms with Gasteiger partial charge in [0.2, 0.25) is 0 Å². The summed E-state index contributed by atoms with van der Waals surface area (Å²) in [5, 5.41) is 13.6. The van der Waals surface area contributed by atoms with Crippen LogP contribution in [0, 0.1) is 0 Å². The molecule has 2 aromatic heterocycles. The largest absolute Gasteiger partial charge is 0.396 e. The molecule has 2 heterocycles. The van der Waals surface area contributed by atoms with Gasteiger partial charge in [-0.3, -0.25) is 14.6 Å². The first-order valence-electron chi connectivity index (χ1n) is 5.94. The third kappa shape index (κ3) is 2.59. The molecule has 2 aromatic rings. The van der Waals surface area contributed by atoms with Crippen molar-refractivity contribution in [3.63, 3.8) is 0 Å². The second-order valence-electron chi connectivity index (χ2n) is 5.44. The molecule has 0 radical (unpaired) electrons. The second kappa shape index (κ2) is 4.42.